The third-order valence-electron chi connectivity index (χ3n) is 3.71. The first-order valence-electron chi connectivity index (χ1n) is 8.23. The molecule has 0 atom stereocenters. The number of thiophene rings is 1. The van der Waals surface area contributed by atoms with Crippen LogP contribution in [0, 0.1) is 6.92 Å². The van der Waals surface area contributed by atoms with E-state index in [1.165, 1.54) is 29.5 Å². The number of aryl methyl sites for hydroxylation is 1. The maximum absolute atomic E-state index is 12.4. The summed E-state index contributed by atoms with van der Waals surface area (Å²) in [4.78, 5) is 12.9. The van der Waals surface area contributed by atoms with Crippen LogP contribution in [0.3, 0.4) is 0 Å². The first kappa shape index (κ1) is 20.1. The van der Waals surface area contributed by atoms with Crippen LogP contribution in [0.25, 0.3) is 0 Å². The molecule has 146 valence electrons. The molecule has 8 heteroatoms. The quantitative estimate of drug-likeness (QED) is 0.496. The molecule has 0 fully saturated rings. The number of benzene rings is 2. The molecule has 2 aromatic carbocycles. The number of anilines is 1. The fourth-order valence-corrected chi connectivity index (χ4v) is 3.35. The Hall–Kier alpha value is -2.64. The van der Waals surface area contributed by atoms with E-state index in [0.717, 1.165) is 16.9 Å². The van der Waals surface area contributed by atoms with Crippen LogP contribution in [-0.4, -0.2) is 12.5 Å². The van der Waals surface area contributed by atoms with Crippen LogP contribution in [0.5, 0.6) is 11.5 Å². The van der Waals surface area contributed by atoms with Gasteiger partial charge in [0.2, 0.25) is 0 Å². The summed E-state index contributed by atoms with van der Waals surface area (Å²) < 4.78 is 34.5. The van der Waals surface area contributed by atoms with Crippen molar-refractivity contribution in [1.29, 1.82) is 0 Å². The molecule has 1 amide bonds. The van der Waals surface area contributed by atoms with Gasteiger partial charge < -0.3 is 14.8 Å². The van der Waals surface area contributed by atoms with Gasteiger partial charge in [-0.05, 0) is 48.7 Å². The zero-order valence-corrected chi connectivity index (χ0v) is 16.3. The first-order chi connectivity index (χ1) is 13.4. The van der Waals surface area contributed by atoms with Crippen LogP contribution < -0.4 is 14.8 Å². The number of alkyl halides is 2. The van der Waals surface area contributed by atoms with Gasteiger partial charge in [0.1, 0.15) is 18.1 Å². The van der Waals surface area contributed by atoms with Crippen molar-refractivity contribution in [2.45, 2.75) is 20.1 Å². The highest BCUT2D eigenvalue weighted by Gasteiger charge is 2.13. The fraction of sp³-hybridized carbons (Fsp3) is 0.150. The Morgan fingerprint density at radius 1 is 1.18 bits per heavy atom. The van der Waals surface area contributed by atoms with E-state index in [1.807, 2.05) is 36.6 Å². The van der Waals surface area contributed by atoms with Crippen LogP contribution in [0.15, 0.2) is 53.9 Å². The summed E-state index contributed by atoms with van der Waals surface area (Å²) >= 11 is 7.17. The second-order valence-corrected chi connectivity index (χ2v) is 7.22. The molecule has 0 unspecified atom stereocenters. The molecule has 0 radical (unpaired) electrons. The zero-order chi connectivity index (χ0) is 20.1. The van der Waals surface area contributed by atoms with Crippen molar-refractivity contribution in [3.63, 3.8) is 0 Å². The van der Waals surface area contributed by atoms with Crippen molar-refractivity contribution in [2.75, 3.05) is 5.32 Å². The lowest BCUT2D eigenvalue weighted by molar-refractivity contribution is -0.0497. The minimum Gasteiger partial charge on any atom is -0.489 e. The monoisotopic (exact) mass is 423 g/mol. The minimum atomic E-state index is -2.97. The lowest BCUT2D eigenvalue weighted by Crippen LogP contribution is -2.10. The van der Waals surface area contributed by atoms with Crippen LogP contribution in [0.4, 0.5) is 14.5 Å². The van der Waals surface area contributed by atoms with Gasteiger partial charge in [0.25, 0.3) is 5.91 Å². The van der Waals surface area contributed by atoms with Gasteiger partial charge in [0.15, 0.2) is 0 Å². The van der Waals surface area contributed by atoms with Crippen LogP contribution >= 0.6 is 22.9 Å². The second kappa shape index (κ2) is 9.03. The third kappa shape index (κ3) is 5.43. The van der Waals surface area contributed by atoms with Crippen molar-refractivity contribution < 1.29 is 23.0 Å². The normalized spacial score (nSPS) is 10.8. The number of halogens is 3. The van der Waals surface area contributed by atoms with Crippen molar-refractivity contribution in [2.24, 2.45) is 0 Å². The summed E-state index contributed by atoms with van der Waals surface area (Å²) in [5.41, 5.74) is 2.40. The summed E-state index contributed by atoms with van der Waals surface area (Å²) in [6, 6.07) is 13.5. The molecule has 0 bridgehead atoms. The molecule has 0 aliphatic rings. The third-order valence-corrected chi connectivity index (χ3v) is 4.98. The molecule has 0 saturated heterocycles. The van der Waals surface area contributed by atoms with Gasteiger partial charge in [-0.25, -0.2) is 0 Å². The summed E-state index contributed by atoms with van der Waals surface area (Å²) in [5, 5.41) is 4.50. The molecule has 0 saturated carbocycles. The molecule has 1 N–H and O–H groups in total. The zero-order valence-electron chi connectivity index (χ0n) is 14.7. The topological polar surface area (TPSA) is 47.6 Å². The molecular weight excluding hydrogens is 408 g/mol. The maximum Gasteiger partial charge on any atom is 0.387 e. The Kier molecular flexibility index (Phi) is 6.49. The highest BCUT2D eigenvalue weighted by Crippen LogP contribution is 2.29. The Bertz CT molecular complexity index is 960. The van der Waals surface area contributed by atoms with Crippen LogP contribution in [-0.2, 0) is 6.61 Å². The lowest BCUT2D eigenvalue weighted by Gasteiger charge is -2.09. The Morgan fingerprint density at radius 3 is 2.61 bits per heavy atom. The fourth-order valence-electron chi connectivity index (χ4n) is 2.33. The number of hydrogen-bond donors (Lipinski definition) is 1. The number of carbonyl (C=O) groups excluding carboxylic acids is 1. The van der Waals surface area contributed by atoms with E-state index in [9.17, 15) is 13.6 Å². The van der Waals surface area contributed by atoms with E-state index < -0.39 is 6.61 Å². The second-order valence-electron chi connectivity index (χ2n) is 5.90. The summed E-state index contributed by atoms with van der Waals surface area (Å²) in [6.07, 6.45) is 0. The Labute approximate surface area is 169 Å². The SMILES string of the molecule is Cc1ccc(OCc2csc(C(=O)Nc3ccc(OC(F)F)c(Cl)c3)c2)cc1. The highest BCUT2D eigenvalue weighted by atomic mass is 35.5. The average Bonchev–Trinajstić information content (AvgIpc) is 3.12. The largest absolute Gasteiger partial charge is 0.489 e. The minimum absolute atomic E-state index is 0.0172. The van der Waals surface area contributed by atoms with Crippen molar-refractivity contribution >= 4 is 34.5 Å². The van der Waals surface area contributed by atoms with Gasteiger partial charge >= 0.3 is 6.61 Å². The molecule has 3 rings (SSSR count). The van der Waals surface area contributed by atoms with E-state index >= 15 is 0 Å². The van der Waals surface area contributed by atoms with Gasteiger partial charge in [-0.1, -0.05) is 29.3 Å². The molecular formula is C20H16ClF2NO3S. The van der Waals surface area contributed by atoms with E-state index in [1.54, 1.807) is 6.07 Å². The summed E-state index contributed by atoms with van der Waals surface area (Å²) in [6.45, 7) is -0.622. The van der Waals surface area contributed by atoms with Crippen LogP contribution in [0.1, 0.15) is 20.8 Å². The van der Waals surface area contributed by atoms with Gasteiger partial charge in [0.05, 0.1) is 9.90 Å². The van der Waals surface area contributed by atoms with E-state index in [0.29, 0.717) is 17.2 Å². The van der Waals surface area contributed by atoms with E-state index in [2.05, 4.69) is 10.1 Å². The first-order valence-corrected chi connectivity index (χ1v) is 9.49. The maximum atomic E-state index is 12.4. The van der Waals surface area contributed by atoms with Crippen molar-refractivity contribution in [3.8, 4) is 11.5 Å². The molecule has 0 aliphatic heterocycles. The number of rotatable bonds is 7. The molecule has 1 aromatic heterocycles. The molecule has 28 heavy (non-hydrogen) atoms. The Balaban J connectivity index is 1.59. The number of ether oxygens (including phenoxy) is 2. The number of amides is 1. The van der Waals surface area contributed by atoms with E-state index in [-0.39, 0.29) is 16.7 Å². The predicted octanol–water partition coefficient (Wildman–Crippen LogP) is 6.14. The molecule has 4 nitrogen and oxygen atoms in total. The van der Waals surface area contributed by atoms with Crippen molar-refractivity contribution in [3.05, 3.63) is 74.9 Å². The van der Waals surface area contributed by atoms with Gasteiger partial charge in [-0.2, -0.15) is 8.78 Å². The number of carbonyl (C=O) groups is 1. The van der Waals surface area contributed by atoms with E-state index in [4.69, 9.17) is 16.3 Å². The molecule has 3 aromatic rings. The van der Waals surface area contributed by atoms with Gasteiger partial charge in [0, 0.05) is 11.3 Å². The standard InChI is InChI=1S/C20H16ClF2NO3S/c1-12-2-5-15(6-3-12)26-10-13-8-18(28-11-13)19(25)24-14-4-7-17(16(21)9-14)27-20(22)23/h2-9,11,20H,10H2,1H3,(H,24,25). The molecule has 1 heterocycles. The van der Waals surface area contributed by atoms with Crippen molar-refractivity contribution in [1.82, 2.24) is 0 Å². The smallest absolute Gasteiger partial charge is 0.387 e. The summed E-state index contributed by atoms with van der Waals surface area (Å²) in [7, 11) is 0. The number of hydrogen-bond acceptors (Lipinski definition) is 4. The predicted molar refractivity (Wildman–Crippen MR) is 106 cm³/mol. The van der Waals surface area contributed by atoms with Crippen LogP contribution in [0.2, 0.25) is 5.02 Å². The van der Waals surface area contributed by atoms with Gasteiger partial charge in [-0.3, -0.25) is 4.79 Å². The molecule has 0 aliphatic carbocycles. The lowest BCUT2D eigenvalue weighted by atomic mass is 10.2. The Morgan fingerprint density at radius 2 is 1.93 bits per heavy atom. The molecule has 0 spiro atoms. The summed E-state index contributed by atoms with van der Waals surface area (Å²) in [5.74, 6) is 0.273. The average molecular weight is 424 g/mol. The highest BCUT2D eigenvalue weighted by molar-refractivity contribution is 7.12. The van der Waals surface area contributed by atoms with Gasteiger partial charge in [-0.15, -0.1) is 11.3 Å². The number of nitrogens with one attached hydrogen (secondary N) is 1.